The van der Waals surface area contributed by atoms with Gasteiger partial charge in [0.05, 0.1) is 16.7 Å². The molecule has 0 fully saturated rings. The number of para-hydroxylation sites is 3. The Morgan fingerprint density at radius 1 is 0.235 bits per heavy atom. The Bertz CT molecular complexity index is 3650. The molecule has 1 heterocycles. The molecule has 0 atom stereocenters. The van der Waals surface area contributed by atoms with Crippen LogP contribution in [0.5, 0.6) is 0 Å². The van der Waals surface area contributed by atoms with E-state index in [1.165, 1.54) is 66.3 Å². The van der Waals surface area contributed by atoms with Crippen molar-refractivity contribution >= 4 is 38.9 Å². The lowest BCUT2D eigenvalue weighted by Crippen LogP contribution is -2.12. The lowest BCUT2D eigenvalue weighted by molar-refractivity contribution is 1.18. The summed E-state index contributed by atoms with van der Waals surface area (Å²) < 4.78 is 2.37. The Morgan fingerprint density at radius 2 is 0.676 bits per heavy atom. The molecule has 320 valence electrons. The molecule has 0 saturated carbocycles. The van der Waals surface area contributed by atoms with Crippen LogP contribution >= 0.6 is 0 Å². The molecule has 0 bridgehead atoms. The van der Waals surface area contributed by atoms with Crippen LogP contribution in [0.25, 0.3) is 94.3 Å². The molecule has 0 N–H and O–H groups in total. The van der Waals surface area contributed by atoms with E-state index in [1.54, 1.807) is 0 Å². The molecule has 0 amide bonds. The molecule has 12 rings (SSSR count). The van der Waals surface area contributed by atoms with Crippen LogP contribution in [0.15, 0.2) is 279 Å². The number of aromatic nitrogens is 1. The minimum Gasteiger partial charge on any atom is -0.310 e. The molecule has 0 spiro atoms. The van der Waals surface area contributed by atoms with Crippen LogP contribution in [-0.2, 0) is 0 Å². The summed E-state index contributed by atoms with van der Waals surface area (Å²) >= 11 is 0. The van der Waals surface area contributed by atoms with E-state index in [2.05, 4.69) is 289 Å². The molecule has 0 aliphatic rings. The molecular weight excluding hydrogens is 821 g/mol. The van der Waals surface area contributed by atoms with E-state index in [-0.39, 0.29) is 0 Å². The van der Waals surface area contributed by atoms with Gasteiger partial charge in [-0.3, -0.25) is 0 Å². The van der Waals surface area contributed by atoms with Crippen molar-refractivity contribution in [2.45, 2.75) is 0 Å². The van der Waals surface area contributed by atoms with Crippen LogP contribution in [0.3, 0.4) is 0 Å². The minimum atomic E-state index is 1.06. The van der Waals surface area contributed by atoms with Crippen molar-refractivity contribution in [3.63, 3.8) is 0 Å². The van der Waals surface area contributed by atoms with Gasteiger partial charge in [0.25, 0.3) is 0 Å². The number of benzene rings is 11. The lowest BCUT2D eigenvalue weighted by Gasteiger charge is -2.29. The van der Waals surface area contributed by atoms with Crippen molar-refractivity contribution in [1.82, 2.24) is 4.57 Å². The van der Waals surface area contributed by atoms with Crippen molar-refractivity contribution in [2.24, 2.45) is 0 Å². The van der Waals surface area contributed by atoms with Crippen LogP contribution in [-0.4, -0.2) is 4.57 Å². The summed E-state index contributed by atoms with van der Waals surface area (Å²) in [7, 11) is 0. The van der Waals surface area contributed by atoms with E-state index in [9.17, 15) is 0 Å². The Balaban J connectivity index is 1.04. The van der Waals surface area contributed by atoms with Gasteiger partial charge in [-0.1, -0.05) is 212 Å². The lowest BCUT2D eigenvalue weighted by atomic mass is 9.88. The molecule has 1 aromatic heterocycles. The fraction of sp³-hybridized carbons (Fsp3) is 0. The van der Waals surface area contributed by atoms with E-state index in [1.807, 2.05) is 0 Å². The molecule has 0 unspecified atom stereocenters. The minimum absolute atomic E-state index is 1.06. The van der Waals surface area contributed by atoms with Crippen LogP contribution < -0.4 is 4.90 Å². The second kappa shape index (κ2) is 17.8. The predicted molar refractivity (Wildman–Crippen MR) is 288 cm³/mol. The molecular formula is C66H46N2. The summed E-state index contributed by atoms with van der Waals surface area (Å²) in [6, 6.07) is 101. The number of fused-ring (bicyclic) bond motifs is 3. The molecule has 2 nitrogen and oxygen atoms in total. The number of nitrogens with zero attached hydrogens (tertiary/aromatic N) is 2. The summed E-state index contributed by atoms with van der Waals surface area (Å²) in [5.74, 6) is 0. The Kier molecular flexibility index (Phi) is 10.6. The van der Waals surface area contributed by atoms with E-state index in [4.69, 9.17) is 0 Å². The zero-order valence-corrected chi connectivity index (χ0v) is 37.5. The van der Waals surface area contributed by atoms with Gasteiger partial charge in [-0.05, 0) is 128 Å². The number of rotatable bonds is 10. The van der Waals surface area contributed by atoms with Crippen LogP contribution in [0.1, 0.15) is 0 Å². The predicted octanol–water partition coefficient (Wildman–Crippen LogP) is 18.3. The maximum absolute atomic E-state index is 2.45. The average Bonchev–Trinajstić information content (AvgIpc) is 3.76. The van der Waals surface area contributed by atoms with E-state index in [0.717, 1.165) is 45.0 Å². The summed E-state index contributed by atoms with van der Waals surface area (Å²) in [4.78, 5) is 2.45. The summed E-state index contributed by atoms with van der Waals surface area (Å²) in [6.07, 6.45) is 0. The van der Waals surface area contributed by atoms with Gasteiger partial charge in [0.1, 0.15) is 0 Å². The second-order valence-electron chi connectivity index (χ2n) is 17.3. The van der Waals surface area contributed by atoms with Crippen molar-refractivity contribution in [3.8, 4) is 72.4 Å². The molecule has 12 aromatic rings. The first-order valence-corrected chi connectivity index (χ1v) is 23.3. The monoisotopic (exact) mass is 866 g/mol. The Labute approximate surface area is 397 Å². The third-order valence-electron chi connectivity index (χ3n) is 13.2. The number of hydrogen-bond acceptors (Lipinski definition) is 1. The fourth-order valence-electron chi connectivity index (χ4n) is 10.0. The van der Waals surface area contributed by atoms with Gasteiger partial charge < -0.3 is 9.47 Å². The van der Waals surface area contributed by atoms with E-state index < -0.39 is 0 Å². The fourth-order valence-corrected chi connectivity index (χ4v) is 10.0. The first-order valence-electron chi connectivity index (χ1n) is 23.3. The first kappa shape index (κ1) is 40.5. The van der Waals surface area contributed by atoms with Gasteiger partial charge in [0, 0.05) is 33.4 Å². The standard InChI is InChI=1S/C66H46N2/c1-5-21-47(22-6-1)52-43-53(48-23-7-2-8-24-48)45-56(44-52)67(64-35-19-17-33-61(64)60-32-16-15-31-59(60)58-30-14-13-29-57(58)50-25-9-3-10-26-50)55-40-37-49(38-41-55)51-39-42-66-63(46-51)62-34-18-20-36-65(62)68(66)54-27-11-4-12-28-54/h1-46H. The highest BCUT2D eigenvalue weighted by Crippen LogP contribution is 2.47. The SMILES string of the molecule is c1ccc(-c2cc(-c3ccccc3)cc(N(c3ccc(-c4ccc5c(c4)c4ccccc4n5-c4ccccc4)cc3)c3ccccc3-c3ccccc3-c3ccccc3-c3ccccc3)c2)cc1. The van der Waals surface area contributed by atoms with Gasteiger partial charge in [-0.25, -0.2) is 0 Å². The molecule has 0 aliphatic carbocycles. The quantitative estimate of drug-likeness (QED) is 0.133. The van der Waals surface area contributed by atoms with Gasteiger partial charge >= 0.3 is 0 Å². The summed E-state index contributed by atoms with van der Waals surface area (Å²) in [5.41, 5.74) is 20.8. The topological polar surface area (TPSA) is 8.17 Å². The largest absolute Gasteiger partial charge is 0.310 e. The van der Waals surface area contributed by atoms with Crippen LogP contribution in [0.2, 0.25) is 0 Å². The van der Waals surface area contributed by atoms with Crippen LogP contribution in [0.4, 0.5) is 17.1 Å². The molecule has 0 aliphatic heterocycles. The zero-order valence-electron chi connectivity index (χ0n) is 37.5. The molecule has 11 aromatic carbocycles. The molecule has 68 heavy (non-hydrogen) atoms. The summed E-state index contributed by atoms with van der Waals surface area (Å²) in [6.45, 7) is 0. The highest BCUT2D eigenvalue weighted by atomic mass is 15.1. The van der Waals surface area contributed by atoms with Gasteiger partial charge in [0.15, 0.2) is 0 Å². The number of hydrogen-bond donors (Lipinski definition) is 0. The van der Waals surface area contributed by atoms with Gasteiger partial charge in [0.2, 0.25) is 0 Å². The summed E-state index contributed by atoms with van der Waals surface area (Å²) in [5, 5.41) is 2.48. The maximum atomic E-state index is 2.45. The third kappa shape index (κ3) is 7.54. The highest BCUT2D eigenvalue weighted by molar-refractivity contribution is 6.10. The molecule has 0 saturated heterocycles. The zero-order chi connectivity index (χ0) is 45.2. The van der Waals surface area contributed by atoms with Crippen molar-refractivity contribution in [3.05, 3.63) is 279 Å². The Morgan fingerprint density at radius 3 is 1.31 bits per heavy atom. The maximum Gasteiger partial charge on any atom is 0.0541 e. The molecule has 0 radical (unpaired) electrons. The highest BCUT2D eigenvalue weighted by Gasteiger charge is 2.22. The first-order chi connectivity index (χ1) is 33.7. The second-order valence-corrected chi connectivity index (χ2v) is 17.3. The van der Waals surface area contributed by atoms with Crippen molar-refractivity contribution in [1.29, 1.82) is 0 Å². The average molecular weight is 867 g/mol. The van der Waals surface area contributed by atoms with Crippen LogP contribution in [0, 0.1) is 0 Å². The smallest absolute Gasteiger partial charge is 0.0541 e. The Hall–Kier alpha value is -8.98. The van der Waals surface area contributed by atoms with Gasteiger partial charge in [-0.15, -0.1) is 0 Å². The van der Waals surface area contributed by atoms with Crippen molar-refractivity contribution < 1.29 is 0 Å². The van der Waals surface area contributed by atoms with Gasteiger partial charge in [-0.2, -0.15) is 0 Å². The third-order valence-corrected chi connectivity index (χ3v) is 13.2. The normalized spacial score (nSPS) is 11.2. The van der Waals surface area contributed by atoms with E-state index in [0.29, 0.717) is 0 Å². The van der Waals surface area contributed by atoms with E-state index >= 15 is 0 Å². The molecule has 2 heteroatoms. The van der Waals surface area contributed by atoms with Crippen molar-refractivity contribution in [2.75, 3.05) is 4.90 Å². The number of anilines is 3.